The Morgan fingerprint density at radius 2 is 2.14 bits per heavy atom. The van der Waals surface area contributed by atoms with E-state index in [-0.39, 0.29) is 12.6 Å². The minimum absolute atomic E-state index is 0.111. The van der Waals surface area contributed by atoms with Gasteiger partial charge in [-0.1, -0.05) is 18.2 Å². The molecule has 0 saturated heterocycles. The first kappa shape index (κ1) is 11.0. The molecule has 14 heavy (non-hydrogen) atoms. The Hall–Kier alpha value is -1.06. The normalized spacial score (nSPS) is 12.5. The third-order valence-electron chi connectivity index (χ3n) is 2.11. The molecule has 1 unspecified atom stereocenters. The predicted octanol–water partition coefficient (Wildman–Crippen LogP) is 1.17. The van der Waals surface area contributed by atoms with Gasteiger partial charge in [0.1, 0.15) is 5.75 Å². The van der Waals surface area contributed by atoms with Gasteiger partial charge >= 0.3 is 0 Å². The Kier molecular flexibility index (Phi) is 4.43. The molecule has 0 aliphatic heterocycles. The number of ether oxygens (including phenoxy) is 1. The van der Waals surface area contributed by atoms with E-state index < -0.39 is 0 Å². The zero-order valence-corrected chi connectivity index (χ0v) is 8.66. The van der Waals surface area contributed by atoms with Crippen LogP contribution in [0.2, 0.25) is 0 Å². The quantitative estimate of drug-likeness (QED) is 0.741. The lowest BCUT2D eigenvalue weighted by atomic mass is 10.2. The van der Waals surface area contributed by atoms with Crippen LogP contribution in [-0.4, -0.2) is 24.9 Å². The molecule has 0 bridgehead atoms. The van der Waals surface area contributed by atoms with Crippen molar-refractivity contribution in [2.75, 3.05) is 13.7 Å². The molecule has 1 rings (SSSR count). The molecule has 3 nitrogen and oxygen atoms in total. The van der Waals surface area contributed by atoms with Crippen molar-refractivity contribution in [2.24, 2.45) is 0 Å². The Balaban J connectivity index is 2.57. The summed E-state index contributed by atoms with van der Waals surface area (Å²) in [5.41, 5.74) is 1.11. The Bertz CT molecular complexity index is 276. The van der Waals surface area contributed by atoms with E-state index >= 15 is 0 Å². The van der Waals surface area contributed by atoms with Crippen molar-refractivity contribution < 1.29 is 9.84 Å². The van der Waals surface area contributed by atoms with E-state index in [4.69, 9.17) is 9.84 Å². The topological polar surface area (TPSA) is 41.5 Å². The highest BCUT2D eigenvalue weighted by molar-refractivity contribution is 5.32. The van der Waals surface area contributed by atoms with E-state index in [0.29, 0.717) is 6.54 Å². The summed E-state index contributed by atoms with van der Waals surface area (Å²) in [6, 6.07) is 7.97. The van der Waals surface area contributed by atoms with Gasteiger partial charge in [0.05, 0.1) is 13.7 Å². The lowest BCUT2D eigenvalue weighted by Crippen LogP contribution is -2.28. The number of para-hydroxylation sites is 1. The zero-order valence-electron chi connectivity index (χ0n) is 8.66. The van der Waals surface area contributed by atoms with Crippen molar-refractivity contribution in [3.05, 3.63) is 29.8 Å². The summed E-state index contributed by atoms with van der Waals surface area (Å²) < 4.78 is 5.21. The van der Waals surface area contributed by atoms with Crippen LogP contribution in [0.4, 0.5) is 0 Å². The second-order valence-corrected chi connectivity index (χ2v) is 3.28. The minimum atomic E-state index is 0.111. The van der Waals surface area contributed by atoms with Crippen LogP contribution < -0.4 is 10.1 Å². The van der Waals surface area contributed by atoms with Gasteiger partial charge in [-0.15, -0.1) is 0 Å². The molecule has 0 heterocycles. The second-order valence-electron chi connectivity index (χ2n) is 3.28. The van der Waals surface area contributed by atoms with Crippen molar-refractivity contribution in [2.45, 2.75) is 19.5 Å². The van der Waals surface area contributed by atoms with Crippen molar-refractivity contribution in [3.63, 3.8) is 0 Å². The highest BCUT2D eigenvalue weighted by atomic mass is 16.5. The number of hydrogen-bond acceptors (Lipinski definition) is 3. The third-order valence-corrected chi connectivity index (χ3v) is 2.11. The highest BCUT2D eigenvalue weighted by Gasteiger charge is 2.03. The summed E-state index contributed by atoms with van der Waals surface area (Å²) in [7, 11) is 1.66. The van der Waals surface area contributed by atoms with Crippen molar-refractivity contribution >= 4 is 0 Å². The third kappa shape index (κ3) is 3.01. The molecule has 1 atom stereocenters. The zero-order chi connectivity index (χ0) is 10.4. The maximum absolute atomic E-state index is 8.85. The molecule has 78 valence electrons. The van der Waals surface area contributed by atoms with Gasteiger partial charge in [0.15, 0.2) is 0 Å². The highest BCUT2D eigenvalue weighted by Crippen LogP contribution is 2.16. The second kappa shape index (κ2) is 5.62. The van der Waals surface area contributed by atoms with Gasteiger partial charge in [-0.2, -0.15) is 0 Å². The maximum atomic E-state index is 8.85. The molecule has 2 N–H and O–H groups in total. The fourth-order valence-corrected chi connectivity index (χ4v) is 1.20. The monoisotopic (exact) mass is 195 g/mol. The van der Waals surface area contributed by atoms with E-state index in [0.717, 1.165) is 11.3 Å². The summed E-state index contributed by atoms with van der Waals surface area (Å²) in [5, 5.41) is 12.0. The Morgan fingerprint density at radius 3 is 2.79 bits per heavy atom. The van der Waals surface area contributed by atoms with Gasteiger partial charge in [-0.3, -0.25) is 0 Å². The molecule has 0 aromatic heterocycles. The number of benzene rings is 1. The van der Waals surface area contributed by atoms with Crippen molar-refractivity contribution in [1.29, 1.82) is 0 Å². The van der Waals surface area contributed by atoms with E-state index in [1.807, 2.05) is 31.2 Å². The summed E-state index contributed by atoms with van der Waals surface area (Å²) in [5.74, 6) is 0.880. The number of rotatable bonds is 5. The standard InChI is InChI=1S/C11H17NO2/c1-9(8-13)12-7-10-5-3-4-6-11(10)14-2/h3-6,9,12-13H,7-8H2,1-2H3. The molecule has 0 saturated carbocycles. The molecular weight excluding hydrogens is 178 g/mol. The first-order valence-corrected chi connectivity index (χ1v) is 4.74. The van der Waals surface area contributed by atoms with Crippen LogP contribution >= 0.6 is 0 Å². The average molecular weight is 195 g/mol. The van der Waals surface area contributed by atoms with E-state index in [1.165, 1.54) is 0 Å². The van der Waals surface area contributed by atoms with Crippen molar-refractivity contribution in [1.82, 2.24) is 5.32 Å². The van der Waals surface area contributed by atoms with E-state index in [9.17, 15) is 0 Å². The van der Waals surface area contributed by atoms with E-state index in [1.54, 1.807) is 7.11 Å². The molecule has 1 aromatic carbocycles. The molecule has 0 spiro atoms. The van der Waals surface area contributed by atoms with Crippen LogP contribution in [0.5, 0.6) is 5.75 Å². The molecule has 0 aliphatic rings. The van der Waals surface area contributed by atoms with Crippen LogP contribution in [0.15, 0.2) is 24.3 Å². The first-order valence-electron chi connectivity index (χ1n) is 4.74. The molecule has 0 aliphatic carbocycles. The molecule has 0 amide bonds. The SMILES string of the molecule is COc1ccccc1CNC(C)CO. The molecule has 3 heteroatoms. The van der Waals surface area contributed by atoms with Crippen LogP contribution in [0.25, 0.3) is 0 Å². The summed E-state index contributed by atoms with van der Waals surface area (Å²) in [6.45, 7) is 2.80. The Morgan fingerprint density at radius 1 is 1.43 bits per heavy atom. The van der Waals surface area contributed by atoms with Gasteiger partial charge in [-0.25, -0.2) is 0 Å². The van der Waals surface area contributed by atoms with Gasteiger partial charge in [0.2, 0.25) is 0 Å². The summed E-state index contributed by atoms with van der Waals surface area (Å²) >= 11 is 0. The number of aliphatic hydroxyl groups is 1. The lowest BCUT2D eigenvalue weighted by Gasteiger charge is -2.12. The van der Waals surface area contributed by atoms with E-state index in [2.05, 4.69) is 5.32 Å². The number of methoxy groups -OCH3 is 1. The fourth-order valence-electron chi connectivity index (χ4n) is 1.20. The molecule has 0 radical (unpaired) electrons. The predicted molar refractivity (Wildman–Crippen MR) is 56.4 cm³/mol. The Labute approximate surface area is 84.7 Å². The van der Waals surface area contributed by atoms with Crippen LogP contribution in [0.1, 0.15) is 12.5 Å². The van der Waals surface area contributed by atoms with Crippen LogP contribution in [-0.2, 0) is 6.54 Å². The number of hydrogen-bond donors (Lipinski definition) is 2. The van der Waals surface area contributed by atoms with Crippen LogP contribution in [0.3, 0.4) is 0 Å². The lowest BCUT2D eigenvalue weighted by molar-refractivity contribution is 0.250. The van der Waals surface area contributed by atoms with Gasteiger partial charge in [0, 0.05) is 18.2 Å². The molecule has 0 fully saturated rings. The summed E-state index contributed by atoms with van der Waals surface area (Å²) in [4.78, 5) is 0. The minimum Gasteiger partial charge on any atom is -0.496 e. The number of aliphatic hydroxyl groups excluding tert-OH is 1. The largest absolute Gasteiger partial charge is 0.496 e. The van der Waals surface area contributed by atoms with Gasteiger partial charge in [-0.05, 0) is 13.0 Å². The van der Waals surface area contributed by atoms with Gasteiger partial charge < -0.3 is 15.2 Å². The first-order chi connectivity index (χ1) is 6.77. The maximum Gasteiger partial charge on any atom is 0.123 e. The number of nitrogens with one attached hydrogen (secondary N) is 1. The fraction of sp³-hybridized carbons (Fsp3) is 0.455. The van der Waals surface area contributed by atoms with Crippen molar-refractivity contribution in [3.8, 4) is 5.75 Å². The molecule has 1 aromatic rings. The van der Waals surface area contributed by atoms with Gasteiger partial charge in [0.25, 0.3) is 0 Å². The average Bonchev–Trinajstić information content (AvgIpc) is 2.26. The van der Waals surface area contributed by atoms with Crippen LogP contribution in [0, 0.1) is 0 Å². The smallest absolute Gasteiger partial charge is 0.123 e. The summed E-state index contributed by atoms with van der Waals surface area (Å²) in [6.07, 6.45) is 0. The molecular formula is C11H17NO2.